The normalized spacial score (nSPS) is 27.0. The second-order valence-corrected chi connectivity index (χ2v) is 8.52. The Morgan fingerprint density at radius 3 is 2.43 bits per heavy atom. The van der Waals surface area contributed by atoms with Crippen molar-refractivity contribution >= 4 is 5.91 Å². The van der Waals surface area contributed by atoms with Crippen LogP contribution in [0.3, 0.4) is 0 Å². The second kappa shape index (κ2) is 7.39. The number of alkyl halides is 3. The Kier molecular flexibility index (Phi) is 5.14. The molecular formula is C23H25F3N2O2. The summed E-state index contributed by atoms with van der Waals surface area (Å²) in [6, 6.07) is 13.9. The van der Waals surface area contributed by atoms with E-state index < -0.39 is 23.4 Å². The summed E-state index contributed by atoms with van der Waals surface area (Å²) >= 11 is 0. The van der Waals surface area contributed by atoms with E-state index in [1.54, 1.807) is 19.9 Å². The Bertz CT molecular complexity index is 937. The number of hydrogen-bond donors (Lipinski definition) is 2. The van der Waals surface area contributed by atoms with Crippen LogP contribution in [0, 0.1) is 6.92 Å². The maximum absolute atomic E-state index is 13.2. The molecule has 7 heteroatoms. The van der Waals surface area contributed by atoms with Gasteiger partial charge in [-0.2, -0.15) is 13.2 Å². The standard InChI is InChI=1S/C23H25F3N2O2/c1-15-8-17(10-19(9-15)23(24,25)26)16(2)30-13-21(18-6-4-3-5-7-18)11-22(12-21)20(29)27-14-28-22/h3-10,16,28H,11-14H2,1-2H3,(H,27,29). The number of carbonyl (C=O) groups excluding carboxylic acids is 1. The number of aryl methyl sites for hydroxylation is 1. The Hall–Kier alpha value is -2.38. The molecule has 2 aromatic carbocycles. The number of rotatable bonds is 5. The molecule has 1 saturated carbocycles. The minimum absolute atomic E-state index is 0.00407. The van der Waals surface area contributed by atoms with Gasteiger partial charge in [0.2, 0.25) is 5.91 Å². The number of amides is 1. The molecule has 4 rings (SSSR count). The fraction of sp³-hybridized carbons (Fsp3) is 0.435. The predicted octanol–water partition coefficient (Wildman–Crippen LogP) is 4.24. The van der Waals surface area contributed by atoms with Crippen molar-refractivity contribution in [3.8, 4) is 0 Å². The van der Waals surface area contributed by atoms with E-state index in [4.69, 9.17) is 4.74 Å². The first-order valence-corrected chi connectivity index (χ1v) is 10.0. The fourth-order valence-electron chi connectivity index (χ4n) is 4.71. The fourth-order valence-corrected chi connectivity index (χ4v) is 4.71. The SMILES string of the molecule is Cc1cc(C(C)OCC2(c3ccccc3)CC3(C2)NCNC3=O)cc(C(F)(F)F)c1. The first-order chi connectivity index (χ1) is 14.1. The lowest BCUT2D eigenvalue weighted by Gasteiger charge is -2.53. The summed E-state index contributed by atoms with van der Waals surface area (Å²) in [5.74, 6) is -0.00407. The van der Waals surface area contributed by atoms with Crippen molar-refractivity contribution in [2.24, 2.45) is 0 Å². The number of halogens is 3. The van der Waals surface area contributed by atoms with Crippen molar-refractivity contribution in [2.45, 2.75) is 49.9 Å². The smallest absolute Gasteiger partial charge is 0.373 e. The molecule has 2 aromatic rings. The monoisotopic (exact) mass is 418 g/mol. The van der Waals surface area contributed by atoms with Crippen LogP contribution in [0.2, 0.25) is 0 Å². The summed E-state index contributed by atoms with van der Waals surface area (Å²) < 4.78 is 45.7. The molecule has 1 saturated heterocycles. The van der Waals surface area contributed by atoms with E-state index in [0.717, 1.165) is 17.7 Å². The van der Waals surface area contributed by atoms with Crippen LogP contribution in [-0.4, -0.2) is 24.7 Å². The Labute approximate surface area is 173 Å². The van der Waals surface area contributed by atoms with Crippen LogP contribution in [0.5, 0.6) is 0 Å². The van der Waals surface area contributed by atoms with Gasteiger partial charge in [0.15, 0.2) is 0 Å². The van der Waals surface area contributed by atoms with E-state index in [2.05, 4.69) is 10.6 Å². The van der Waals surface area contributed by atoms with Crippen molar-refractivity contribution in [3.05, 3.63) is 70.8 Å². The highest BCUT2D eigenvalue weighted by molar-refractivity contribution is 5.90. The third kappa shape index (κ3) is 3.72. The van der Waals surface area contributed by atoms with Gasteiger partial charge >= 0.3 is 6.18 Å². The van der Waals surface area contributed by atoms with E-state index in [0.29, 0.717) is 37.2 Å². The summed E-state index contributed by atoms with van der Waals surface area (Å²) in [6.45, 7) is 4.19. The number of hydrogen-bond acceptors (Lipinski definition) is 3. The Balaban J connectivity index is 1.54. The zero-order valence-corrected chi connectivity index (χ0v) is 17.0. The van der Waals surface area contributed by atoms with Gasteiger partial charge in [-0.25, -0.2) is 0 Å². The van der Waals surface area contributed by atoms with E-state index in [1.807, 2.05) is 30.3 Å². The largest absolute Gasteiger partial charge is 0.416 e. The van der Waals surface area contributed by atoms with Gasteiger partial charge in [-0.05, 0) is 49.9 Å². The second-order valence-electron chi connectivity index (χ2n) is 8.52. The van der Waals surface area contributed by atoms with Crippen molar-refractivity contribution in [1.29, 1.82) is 0 Å². The minimum Gasteiger partial charge on any atom is -0.373 e. The molecule has 30 heavy (non-hydrogen) atoms. The van der Waals surface area contributed by atoms with Gasteiger partial charge in [-0.15, -0.1) is 0 Å². The van der Waals surface area contributed by atoms with Gasteiger partial charge in [0.1, 0.15) is 5.54 Å². The number of benzene rings is 2. The molecule has 1 atom stereocenters. The molecular weight excluding hydrogens is 393 g/mol. The van der Waals surface area contributed by atoms with Crippen molar-refractivity contribution in [1.82, 2.24) is 10.6 Å². The van der Waals surface area contributed by atoms with Gasteiger partial charge in [-0.3, -0.25) is 10.1 Å². The van der Waals surface area contributed by atoms with Crippen LogP contribution in [-0.2, 0) is 21.1 Å². The molecule has 1 heterocycles. The quantitative estimate of drug-likeness (QED) is 0.764. The maximum Gasteiger partial charge on any atom is 0.416 e. The Morgan fingerprint density at radius 1 is 1.13 bits per heavy atom. The molecule has 1 aliphatic carbocycles. The molecule has 1 unspecified atom stereocenters. The third-order valence-electron chi connectivity index (χ3n) is 6.28. The van der Waals surface area contributed by atoms with Crippen molar-refractivity contribution in [3.63, 3.8) is 0 Å². The summed E-state index contributed by atoms with van der Waals surface area (Å²) in [4.78, 5) is 12.3. The van der Waals surface area contributed by atoms with Crippen LogP contribution in [0.1, 0.15) is 48.1 Å². The lowest BCUT2D eigenvalue weighted by Crippen LogP contribution is -2.65. The third-order valence-corrected chi connectivity index (χ3v) is 6.28. The number of carbonyl (C=O) groups is 1. The molecule has 2 N–H and O–H groups in total. The lowest BCUT2D eigenvalue weighted by atomic mass is 9.54. The first kappa shape index (κ1) is 20.9. The minimum atomic E-state index is -4.40. The lowest BCUT2D eigenvalue weighted by molar-refractivity contribution is -0.137. The number of nitrogens with one attached hydrogen (secondary N) is 2. The summed E-state index contributed by atoms with van der Waals surface area (Å²) in [6.07, 6.45) is -3.73. The van der Waals surface area contributed by atoms with Gasteiger partial charge in [-0.1, -0.05) is 42.0 Å². The van der Waals surface area contributed by atoms with E-state index in [9.17, 15) is 18.0 Å². The zero-order valence-electron chi connectivity index (χ0n) is 17.0. The average Bonchev–Trinajstić information content (AvgIpc) is 3.05. The first-order valence-electron chi connectivity index (χ1n) is 10.0. The van der Waals surface area contributed by atoms with Crippen LogP contribution >= 0.6 is 0 Å². The zero-order chi connectivity index (χ0) is 21.6. The van der Waals surface area contributed by atoms with Crippen molar-refractivity contribution in [2.75, 3.05) is 13.3 Å². The Morgan fingerprint density at radius 2 is 1.83 bits per heavy atom. The van der Waals surface area contributed by atoms with Gasteiger partial charge in [0, 0.05) is 5.41 Å². The number of ether oxygens (including phenoxy) is 1. The van der Waals surface area contributed by atoms with E-state index >= 15 is 0 Å². The molecule has 1 spiro atoms. The molecule has 0 bridgehead atoms. The highest BCUT2D eigenvalue weighted by atomic mass is 19.4. The summed E-state index contributed by atoms with van der Waals surface area (Å²) in [7, 11) is 0. The predicted molar refractivity (Wildman–Crippen MR) is 107 cm³/mol. The van der Waals surface area contributed by atoms with E-state index in [-0.39, 0.29) is 11.3 Å². The van der Waals surface area contributed by atoms with Gasteiger partial charge in [0.05, 0.1) is 24.9 Å². The van der Waals surface area contributed by atoms with Crippen LogP contribution in [0.15, 0.2) is 48.5 Å². The average molecular weight is 418 g/mol. The van der Waals surface area contributed by atoms with Gasteiger partial charge < -0.3 is 10.1 Å². The molecule has 160 valence electrons. The maximum atomic E-state index is 13.2. The molecule has 0 radical (unpaired) electrons. The van der Waals surface area contributed by atoms with Crippen LogP contribution in [0.25, 0.3) is 0 Å². The molecule has 2 fully saturated rings. The molecule has 1 aliphatic heterocycles. The van der Waals surface area contributed by atoms with Gasteiger partial charge in [0.25, 0.3) is 0 Å². The topological polar surface area (TPSA) is 50.4 Å². The van der Waals surface area contributed by atoms with Crippen molar-refractivity contribution < 1.29 is 22.7 Å². The van der Waals surface area contributed by atoms with Crippen LogP contribution in [0.4, 0.5) is 13.2 Å². The molecule has 0 aromatic heterocycles. The summed E-state index contributed by atoms with van der Waals surface area (Å²) in [5.41, 5.74) is 0.499. The summed E-state index contributed by atoms with van der Waals surface area (Å²) in [5, 5.41) is 6.07. The molecule has 1 amide bonds. The molecule has 2 aliphatic rings. The highest BCUT2D eigenvalue weighted by Gasteiger charge is 2.61. The van der Waals surface area contributed by atoms with E-state index in [1.165, 1.54) is 0 Å². The molecule has 4 nitrogen and oxygen atoms in total. The van der Waals surface area contributed by atoms with Crippen LogP contribution < -0.4 is 10.6 Å². The highest BCUT2D eigenvalue weighted by Crippen LogP contribution is 2.52.